The number of piperidine rings is 1. The highest BCUT2D eigenvalue weighted by atomic mass is 32.2. The van der Waals surface area contributed by atoms with Crippen LogP contribution >= 0.6 is 0 Å². The molecule has 3 aromatic rings. The highest BCUT2D eigenvalue weighted by Crippen LogP contribution is 2.37. The molecule has 10 nitrogen and oxygen atoms in total. The maximum Gasteiger partial charge on any atom is 0.282 e. The van der Waals surface area contributed by atoms with Crippen LogP contribution in [0.25, 0.3) is 0 Å². The summed E-state index contributed by atoms with van der Waals surface area (Å²) >= 11 is 0. The number of pyridine rings is 1. The van der Waals surface area contributed by atoms with Gasteiger partial charge in [-0.05, 0) is 48.7 Å². The normalized spacial score (nSPS) is 19.5. The molecule has 2 aromatic carbocycles. The van der Waals surface area contributed by atoms with Gasteiger partial charge in [0.25, 0.3) is 17.2 Å². The van der Waals surface area contributed by atoms with Crippen molar-refractivity contribution < 1.29 is 18.1 Å². The average molecular weight is 495 g/mol. The van der Waals surface area contributed by atoms with E-state index in [9.17, 15) is 28.1 Å². The number of carbonyl (C=O) groups excluding carboxylic acids is 1. The van der Waals surface area contributed by atoms with E-state index >= 15 is 0 Å². The Hall–Kier alpha value is -3.83. The molecule has 0 spiro atoms. The number of aromatic nitrogens is 1. The molecule has 2 bridgehead atoms. The Morgan fingerprint density at radius 1 is 0.971 bits per heavy atom. The fourth-order valence-corrected chi connectivity index (χ4v) is 6.49. The van der Waals surface area contributed by atoms with Gasteiger partial charge in [0.05, 0.1) is 9.82 Å². The largest absolute Gasteiger partial charge is 0.322 e. The number of hydrogen-bond acceptors (Lipinski definition) is 6. The van der Waals surface area contributed by atoms with Gasteiger partial charge in [0, 0.05) is 49.1 Å². The lowest BCUT2D eigenvalue weighted by Crippen LogP contribution is -2.48. The molecule has 11 heteroatoms. The lowest BCUT2D eigenvalue weighted by Gasteiger charge is -2.42. The third kappa shape index (κ3) is 4.24. The second-order valence-corrected chi connectivity index (χ2v) is 10.7. The van der Waals surface area contributed by atoms with Gasteiger partial charge in [-0.3, -0.25) is 19.7 Å². The van der Waals surface area contributed by atoms with Gasteiger partial charge >= 0.3 is 0 Å². The summed E-state index contributed by atoms with van der Waals surface area (Å²) in [5.74, 6) is -0.659. The molecule has 1 saturated heterocycles. The van der Waals surface area contributed by atoms with Gasteiger partial charge in [0.15, 0.2) is 0 Å². The van der Waals surface area contributed by atoms with Crippen molar-refractivity contribution in [1.29, 1.82) is 0 Å². The minimum Gasteiger partial charge on any atom is -0.322 e. The molecular weight excluding hydrogens is 472 g/mol. The number of nitro groups is 1. The molecule has 2 atom stereocenters. The van der Waals surface area contributed by atoms with E-state index < -0.39 is 20.9 Å². The number of fused-ring (bicyclic) bond motifs is 4. The van der Waals surface area contributed by atoms with Crippen molar-refractivity contribution in [3.8, 4) is 0 Å². The van der Waals surface area contributed by atoms with Gasteiger partial charge in [-0.2, -0.15) is 4.31 Å². The molecule has 1 aromatic heterocycles. The summed E-state index contributed by atoms with van der Waals surface area (Å²) < 4.78 is 29.9. The van der Waals surface area contributed by atoms with Crippen LogP contribution < -0.4 is 10.9 Å². The molecule has 1 amide bonds. The molecule has 180 valence electrons. The minimum atomic E-state index is -3.79. The van der Waals surface area contributed by atoms with Crippen molar-refractivity contribution in [2.75, 3.05) is 18.4 Å². The molecule has 0 saturated carbocycles. The van der Waals surface area contributed by atoms with E-state index in [1.165, 1.54) is 58.9 Å². The number of anilines is 1. The second kappa shape index (κ2) is 8.75. The van der Waals surface area contributed by atoms with Crippen LogP contribution in [-0.2, 0) is 16.6 Å². The first-order chi connectivity index (χ1) is 16.7. The van der Waals surface area contributed by atoms with Crippen LogP contribution in [0.15, 0.2) is 76.4 Å². The number of nitrogens with zero attached hydrogens (tertiary/aromatic N) is 3. The first-order valence-electron chi connectivity index (χ1n) is 11.1. The molecule has 1 fully saturated rings. The molecule has 0 radical (unpaired) electrons. The molecule has 1 N–H and O–H groups in total. The number of benzene rings is 2. The molecular formula is C24H22N4O6S. The highest BCUT2D eigenvalue weighted by molar-refractivity contribution is 7.89. The molecule has 2 aliphatic rings. The standard InChI is InChI=1S/C24H22N4O6S/c29-23-7-3-6-21-17-12-16(14-27(21)23)13-26(15-17)35(33,34)19-10-8-18(9-11-19)25-24(30)20-4-1-2-5-22(20)28(31)32/h1-11,16-17H,12-15H2,(H,25,30)/t16-,17+/m0/s1. The number of hydrogen-bond donors (Lipinski definition) is 1. The Balaban J connectivity index is 1.34. The van der Waals surface area contributed by atoms with E-state index in [0.29, 0.717) is 25.3 Å². The topological polar surface area (TPSA) is 132 Å². The zero-order valence-electron chi connectivity index (χ0n) is 18.5. The number of nitro benzene ring substituents is 1. The maximum atomic E-state index is 13.4. The zero-order valence-corrected chi connectivity index (χ0v) is 19.3. The van der Waals surface area contributed by atoms with Crippen LogP contribution in [0.5, 0.6) is 0 Å². The van der Waals surface area contributed by atoms with Crippen molar-refractivity contribution in [2.45, 2.75) is 23.8 Å². The summed E-state index contributed by atoms with van der Waals surface area (Å²) in [5, 5.41) is 13.8. The Morgan fingerprint density at radius 3 is 2.46 bits per heavy atom. The Morgan fingerprint density at radius 2 is 1.71 bits per heavy atom. The van der Waals surface area contributed by atoms with Gasteiger partial charge in [-0.15, -0.1) is 0 Å². The summed E-state index contributed by atoms with van der Waals surface area (Å²) in [4.78, 5) is 35.4. The number of amides is 1. The lowest BCUT2D eigenvalue weighted by atomic mass is 9.84. The quantitative estimate of drug-likeness (QED) is 0.429. The fourth-order valence-electron chi connectivity index (χ4n) is 4.93. The SMILES string of the molecule is O=C(Nc1ccc(S(=O)(=O)N2C[C@@H]3C[C@H](C2)c2cccc(=O)n2C3)cc1)c1ccccc1[N+](=O)[O-]. The Kier molecular flexibility index (Phi) is 5.73. The number of carbonyl (C=O) groups is 1. The molecule has 35 heavy (non-hydrogen) atoms. The van der Waals surface area contributed by atoms with Crippen molar-refractivity contribution in [1.82, 2.24) is 8.87 Å². The predicted molar refractivity (Wildman–Crippen MR) is 128 cm³/mol. The maximum absolute atomic E-state index is 13.4. The van der Waals surface area contributed by atoms with Crippen LogP contribution in [-0.4, -0.2) is 41.2 Å². The van der Waals surface area contributed by atoms with Crippen LogP contribution in [0.3, 0.4) is 0 Å². The van der Waals surface area contributed by atoms with Crippen LogP contribution in [0.4, 0.5) is 11.4 Å². The van der Waals surface area contributed by atoms with Crippen molar-refractivity contribution in [3.63, 3.8) is 0 Å². The van der Waals surface area contributed by atoms with Crippen LogP contribution in [0.2, 0.25) is 0 Å². The summed E-state index contributed by atoms with van der Waals surface area (Å²) in [6, 6.07) is 16.4. The summed E-state index contributed by atoms with van der Waals surface area (Å²) in [7, 11) is -3.79. The van der Waals surface area contributed by atoms with Gasteiger partial charge in [0.2, 0.25) is 10.0 Å². The summed E-state index contributed by atoms with van der Waals surface area (Å²) in [6.45, 7) is 1.11. The van der Waals surface area contributed by atoms with E-state index in [1.54, 1.807) is 10.6 Å². The number of para-hydroxylation sites is 1. The Labute approximate surface area is 201 Å². The number of rotatable bonds is 5. The molecule has 0 unspecified atom stereocenters. The first kappa shape index (κ1) is 22.9. The van der Waals surface area contributed by atoms with Crippen LogP contribution in [0.1, 0.15) is 28.4 Å². The monoisotopic (exact) mass is 494 g/mol. The van der Waals surface area contributed by atoms with Crippen molar-refractivity contribution >= 4 is 27.3 Å². The van der Waals surface area contributed by atoms with Gasteiger partial charge in [-0.25, -0.2) is 8.42 Å². The van der Waals surface area contributed by atoms with Gasteiger partial charge in [-0.1, -0.05) is 18.2 Å². The fraction of sp³-hybridized carbons (Fsp3) is 0.250. The Bertz CT molecular complexity index is 1480. The minimum absolute atomic E-state index is 0.0496. The molecule has 3 heterocycles. The zero-order chi connectivity index (χ0) is 24.7. The first-order valence-corrected chi connectivity index (χ1v) is 12.5. The molecule has 5 rings (SSSR count). The average Bonchev–Trinajstić information content (AvgIpc) is 2.85. The van der Waals surface area contributed by atoms with E-state index in [1.807, 2.05) is 6.07 Å². The highest BCUT2D eigenvalue weighted by Gasteiger charge is 2.39. The summed E-state index contributed by atoms with van der Waals surface area (Å²) in [6.07, 6.45) is 0.839. The van der Waals surface area contributed by atoms with Gasteiger partial charge in [0.1, 0.15) is 5.56 Å². The third-order valence-electron chi connectivity index (χ3n) is 6.54. The lowest BCUT2D eigenvalue weighted by molar-refractivity contribution is -0.385. The number of nitrogens with one attached hydrogen (secondary N) is 1. The van der Waals surface area contributed by atoms with E-state index in [4.69, 9.17) is 0 Å². The predicted octanol–water partition coefficient (Wildman–Crippen LogP) is 2.82. The molecule has 2 aliphatic heterocycles. The third-order valence-corrected chi connectivity index (χ3v) is 8.39. The summed E-state index contributed by atoms with van der Waals surface area (Å²) in [5.41, 5.74) is 0.710. The van der Waals surface area contributed by atoms with E-state index in [2.05, 4.69) is 5.32 Å². The van der Waals surface area contributed by atoms with E-state index in [0.717, 1.165) is 12.1 Å². The number of sulfonamides is 1. The van der Waals surface area contributed by atoms with Gasteiger partial charge < -0.3 is 9.88 Å². The van der Waals surface area contributed by atoms with Crippen molar-refractivity contribution in [2.24, 2.45) is 5.92 Å². The smallest absolute Gasteiger partial charge is 0.282 e. The van der Waals surface area contributed by atoms with Crippen molar-refractivity contribution in [3.05, 3.63) is 98.5 Å². The van der Waals surface area contributed by atoms with Crippen LogP contribution in [0, 0.1) is 16.0 Å². The molecule has 0 aliphatic carbocycles. The second-order valence-electron chi connectivity index (χ2n) is 8.77. The van der Waals surface area contributed by atoms with E-state index in [-0.39, 0.29) is 33.5 Å².